The predicted molar refractivity (Wildman–Crippen MR) is 74.8 cm³/mol. The second-order valence-electron chi connectivity index (χ2n) is 3.94. The van der Waals surface area contributed by atoms with Crippen molar-refractivity contribution in [2.75, 3.05) is 5.32 Å². The number of aromatic amines is 1. The number of thiophene rings is 1. The lowest BCUT2D eigenvalue weighted by Crippen LogP contribution is -2.12. The van der Waals surface area contributed by atoms with E-state index in [0.29, 0.717) is 21.6 Å². The van der Waals surface area contributed by atoms with Crippen LogP contribution >= 0.6 is 11.3 Å². The average Bonchev–Trinajstić information content (AvgIpc) is 3.00. The Morgan fingerprint density at radius 3 is 2.81 bits per heavy atom. The second kappa shape index (κ2) is 5.21. The molecule has 0 aliphatic rings. The van der Waals surface area contributed by atoms with Crippen LogP contribution in [0.25, 0.3) is 10.2 Å². The molecule has 21 heavy (non-hydrogen) atoms. The van der Waals surface area contributed by atoms with Gasteiger partial charge in [-0.25, -0.2) is 4.79 Å². The molecule has 8 nitrogen and oxygen atoms in total. The highest BCUT2D eigenvalue weighted by Crippen LogP contribution is 2.34. The SMILES string of the molecule is O=C(O)Oc1cc2c(NC(=O)c3ccncc3)[nH]nc2s1. The van der Waals surface area contributed by atoms with Gasteiger partial charge in [-0.1, -0.05) is 11.3 Å². The van der Waals surface area contributed by atoms with Crippen LogP contribution in [0, 0.1) is 0 Å². The Morgan fingerprint density at radius 1 is 1.33 bits per heavy atom. The molecule has 0 saturated heterocycles. The van der Waals surface area contributed by atoms with Gasteiger partial charge in [0.1, 0.15) is 5.82 Å². The van der Waals surface area contributed by atoms with Crippen LogP contribution in [0.15, 0.2) is 30.6 Å². The Bertz CT molecular complexity index is 811. The molecule has 3 rings (SSSR count). The van der Waals surface area contributed by atoms with Crippen molar-refractivity contribution in [2.45, 2.75) is 0 Å². The van der Waals surface area contributed by atoms with Crippen molar-refractivity contribution >= 4 is 39.4 Å². The summed E-state index contributed by atoms with van der Waals surface area (Å²) < 4.78 is 4.56. The fourth-order valence-corrected chi connectivity index (χ4v) is 2.55. The zero-order chi connectivity index (χ0) is 14.8. The Balaban J connectivity index is 1.85. The smallest absolute Gasteiger partial charge is 0.449 e. The lowest BCUT2D eigenvalue weighted by Gasteiger charge is -2.01. The third-order valence-electron chi connectivity index (χ3n) is 2.60. The Labute approximate surface area is 121 Å². The number of carbonyl (C=O) groups is 2. The number of carbonyl (C=O) groups excluding carboxylic acids is 1. The number of amides is 1. The van der Waals surface area contributed by atoms with Gasteiger partial charge < -0.3 is 15.2 Å². The van der Waals surface area contributed by atoms with Crippen LogP contribution in [0.4, 0.5) is 10.6 Å². The number of hydrogen-bond donors (Lipinski definition) is 3. The molecule has 0 radical (unpaired) electrons. The van der Waals surface area contributed by atoms with Crippen molar-refractivity contribution in [3.8, 4) is 5.06 Å². The molecule has 0 bridgehead atoms. The number of fused-ring (bicyclic) bond motifs is 1. The van der Waals surface area contributed by atoms with Crippen LogP contribution < -0.4 is 10.1 Å². The molecule has 3 aromatic heterocycles. The van der Waals surface area contributed by atoms with Crippen LogP contribution in [0.2, 0.25) is 0 Å². The third kappa shape index (κ3) is 2.67. The van der Waals surface area contributed by atoms with Gasteiger partial charge in [0.2, 0.25) is 0 Å². The van der Waals surface area contributed by atoms with Crippen LogP contribution in [-0.4, -0.2) is 32.4 Å². The van der Waals surface area contributed by atoms with Gasteiger partial charge in [0.15, 0.2) is 9.89 Å². The molecule has 9 heteroatoms. The maximum atomic E-state index is 12.0. The van der Waals surface area contributed by atoms with Crippen molar-refractivity contribution in [1.82, 2.24) is 15.2 Å². The number of nitrogens with zero attached hydrogens (tertiary/aromatic N) is 2. The molecule has 0 atom stereocenters. The van der Waals surface area contributed by atoms with Crippen LogP contribution in [0.5, 0.6) is 5.06 Å². The summed E-state index contributed by atoms with van der Waals surface area (Å²) in [6, 6.07) is 4.66. The average molecular weight is 304 g/mol. The summed E-state index contributed by atoms with van der Waals surface area (Å²) in [6.07, 6.45) is 1.63. The van der Waals surface area contributed by atoms with E-state index in [1.807, 2.05) is 0 Å². The lowest BCUT2D eigenvalue weighted by molar-refractivity contribution is 0.102. The standard InChI is InChI=1S/C12H8N4O4S/c17-10(6-1-3-13-4-2-6)14-9-7-5-8(20-12(18)19)21-11(7)16-15-9/h1-5H,(H,18,19)(H2,14,15,16,17). The molecule has 0 unspecified atom stereocenters. The minimum absolute atomic E-state index is 0.188. The molecule has 0 aromatic carbocycles. The number of ether oxygens (including phenoxy) is 1. The molecule has 0 aliphatic heterocycles. The van der Waals surface area contributed by atoms with E-state index in [0.717, 1.165) is 11.3 Å². The van der Waals surface area contributed by atoms with E-state index in [9.17, 15) is 9.59 Å². The summed E-state index contributed by atoms with van der Waals surface area (Å²) >= 11 is 1.06. The summed E-state index contributed by atoms with van der Waals surface area (Å²) in [5.74, 6) is 0.0538. The zero-order valence-corrected chi connectivity index (χ0v) is 11.2. The van der Waals surface area contributed by atoms with Crippen molar-refractivity contribution in [3.63, 3.8) is 0 Å². The molecule has 0 saturated carbocycles. The number of H-pyrrole nitrogens is 1. The quantitative estimate of drug-likeness (QED) is 0.639. The molecule has 0 aliphatic carbocycles. The van der Waals surface area contributed by atoms with Crippen LogP contribution in [0.1, 0.15) is 10.4 Å². The molecule has 3 N–H and O–H groups in total. The number of pyridine rings is 1. The minimum atomic E-state index is -1.40. The predicted octanol–water partition coefficient (Wildman–Crippen LogP) is 2.33. The summed E-state index contributed by atoms with van der Waals surface area (Å²) in [4.78, 5) is 26.9. The van der Waals surface area contributed by atoms with E-state index in [2.05, 4.69) is 25.2 Å². The topological polar surface area (TPSA) is 117 Å². The van der Waals surface area contributed by atoms with Gasteiger partial charge in [0.25, 0.3) is 5.91 Å². The fourth-order valence-electron chi connectivity index (χ4n) is 1.71. The van der Waals surface area contributed by atoms with Crippen LogP contribution in [0.3, 0.4) is 0 Å². The van der Waals surface area contributed by atoms with Crippen molar-refractivity contribution in [3.05, 3.63) is 36.2 Å². The highest BCUT2D eigenvalue weighted by Gasteiger charge is 2.15. The van der Waals surface area contributed by atoms with E-state index >= 15 is 0 Å². The van der Waals surface area contributed by atoms with E-state index in [-0.39, 0.29) is 11.0 Å². The van der Waals surface area contributed by atoms with E-state index in [4.69, 9.17) is 5.11 Å². The summed E-state index contributed by atoms with van der Waals surface area (Å²) in [7, 11) is 0. The van der Waals surface area contributed by atoms with Gasteiger partial charge in [-0.05, 0) is 12.1 Å². The minimum Gasteiger partial charge on any atom is -0.449 e. The summed E-state index contributed by atoms with van der Waals surface area (Å²) in [6.45, 7) is 0. The van der Waals surface area contributed by atoms with E-state index in [1.54, 1.807) is 12.1 Å². The Kier molecular flexibility index (Phi) is 3.24. The molecular weight excluding hydrogens is 296 g/mol. The van der Waals surface area contributed by atoms with Gasteiger partial charge in [-0.2, -0.15) is 5.10 Å². The molecule has 0 fully saturated rings. The van der Waals surface area contributed by atoms with Crippen LogP contribution in [-0.2, 0) is 0 Å². The van der Waals surface area contributed by atoms with Gasteiger partial charge in [0.05, 0.1) is 5.39 Å². The molecule has 3 aromatic rings. The number of nitrogens with one attached hydrogen (secondary N) is 2. The van der Waals surface area contributed by atoms with Crippen molar-refractivity contribution in [2.24, 2.45) is 0 Å². The maximum Gasteiger partial charge on any atom is 0.512 e. The largest absolute Gasteiger partial charge is 0.512 e. The molecule has 0 spiro atoms. The monoisotopic (exact) mass is 304 g/mol. The Hall–Kier alpha value is -2.94. The molecule has 1 amide bonds. The first-order chi connectivity index (χ1) is 10.1. The number of hydrogen-bond acceptors (Lipinski definition) is 6. The molecule has 3 heterocycles. The highest BCUT2D eigenvalue weighted by atomic mass is 32.1. The summed E-state index contributed by atoms with van der Waals surface area (Å²) in [5.41, 5.74) is 0.449. The van der Waals surface area contributed by atoms with Gasteiger partial charge in [0, 0.05) is 24.0 Å². The Morgan fingerprint density at radius 2 is 2.10 bits per heavy atom. The summed E-state index contributed by atoms with van der Waals surface area (Å²) in [5, 5.41) is 18.7. The fraction of sp³-hybridized carbons (Fsp3) is 0. The normalized spacial score (nSPS) is 10.5. The third-order valence-corrected chi connectivity index (χ3v) is 3.50. The van der Waals surface area contributed by atoms with E-state index < -0.39 is 6.16 Å². The number of aromatic nitrogens is 3. The van der Waals surface area contributed by atoms with Crippen molar-refractivity contribution < 1.29 is 19.4 Å². The lowest BCUT2D eigenvalue weighted by atomic mass is 10.2. The molecular formula is C12H8N4O4S. The maximum absolute atomic E-state index is 12.0. The van der Waals surface area contributed by atoms with E-state index in [1.165, 1.54) is 18.5 Å². The second-order valence-corrected chi connectivity index (χ2v) is 4.93. The number of anilines is 1. The van der Waals surface area contributed by atoms with Gasteiger partial charge >= 0.3 is 6.16 Å². The van der Waals surface area contributed by atoms with Crippen molar-refractivity contribution in [1.29, 1.82) is 0 Å². The highest BCUT2D eigenvalue weighted by molar-refractivity contribution is 7.20. The van der Waals surface area contributed by atoms with Gasteiger partial charge in [-0.15, -0.1) is 0 Å². The number of carboxylic acid groups (broad SMARTS) is 1. The van der Waals surface area contributed by atoms with Gasteiger partial charge in [-0.3, -0.25) is 14.9 Å². The first-order valence-corrected chi connectivity index (χ1v) is 6.55. The number of rotatable bonds is 3. The first-order valence-electron chi connectivity index (χ1n) is 5.73. The zero-order valence-electron chi connectivity index (χ0n) is 10.4. The molecule has 106 valence electrons. The first kappa shape index (κ1) is 13.1.